The lowest BCUT2D eigenvalue weighted by Gasteiger charge is -2.22. The van der Waals surface area contributed by atoms with E-state index in [4.69, 9.17) is 0 Å². The van der Waals surface area contributed by atoms with Gasteiger partial charge in [0.15, 0.2) is 0 Å². The van der Waals surface area contributed by atoms with Gasteiger partial charge in [-0.3, -0.25) is 0 Å². The van der Waals surface area contributed by atoms with Crippen LogP contribution in [-0.4, -0.2) is 23.6 Å². The lowest BCUT2D eigenvalue weighted by atomic mass is 10.1. The molecule has 96 valence electrons. The molecule has 17 heavy (non-hydrogen) atoms. The molecule has 0 fully saturated rings. The standard InChI is InChI=1S/C14H22INS/c1-14(2,3)17-10-13(16-4)9-11-5-7-12(15)8-6-11/h5-8,13,16H,9-10H2,1-4H3. The summed E-state index contributed by atoms with van der Waals surface area (Å²) in [6, 6.07) is 9.38. The summed E-state index contributed by atoms with van der Waals surface area (Å²) in [4.78, 5) is 0. The Morgan fingerprint density at radius 2 is 1.82 bits per heavy atom. The molecular weight excluding hydrogens is 341 g/mol. The number of likely N-dealkylation sites (N-methyl/N-ethyl adjacent to an activating group) is 1. The van der Waals surface area contributed by atoms with Gasteiger partial charge in [0.25, 0.3) is 0 Å². The predicted molar refractivity (Wildman–Crippen MR) is 87.9 cm³/mol. The smallest absolute Gasteiger partial charge is 0.0195 e. The fraction of sp³-hybridized carbons (Fsp3) is 0.571. The van der Waals surface area contributed by atoms with Crippen LogP contribution < -0.4 is 5.32 Å². The monoisotopic (exact) mass is 363 g/mol. The van der Waals surface area contributed by atoms with Crippen molar-refractivity contribution in [1.82, 2.24) is 5.32 Å². The second kappa shape index (κ2) is 7.00. The summed E-state index contributed by atoms with van der Waals surface area (Å²) in [7, 11) is 2.06. The third kappa shape index (κ3) is 6.67. The zero-order chi connectivity index (χ0) is 12.9. The summed E-state index contributed by atoms with van der Waals surface area (Å²) in [5, 5.41) is 3.42. The van der Waals surface area contributed by atoms with Gasteiger partial charge in [-0.2, -0.15) is 11.8 Å². The summed E-state index contributed by atoms with van der Waals surface area (Å²) >= 11 is 4.37. The van der Waals surface area contributed by atoms with Crippen molar-refractivity contribution in [2.45, 2.75) is 38.0 Å². The van der Waals surface area contributed by atoms with Crippen LogP contribution in [0.1, 0.15) is 26.3 Å². The zero-order valence-corrected chi connectivity index (χ0v) is 14.1. The first-order valence-corrected chi connectivity index (χ1v) is 8.03. The van der Waals surface area contributed by atoms with Crippen molar-refractivity contribution in [2.24, 2.45) is 0 Å². The van der Waals surface area contributed by atoms with Crippen molar-refractivity contribution in [2.75, 3.05) is 12.8 Å². The van der Waals surface area contributed by atoms with E-state index >= 15 is 0 Å². The van der Waals surface area contributed by atoms with Gasteiger partial charge < -0.3 is 5.32 Å². The fourth-order valence-corrected chi connectivity index (χ4v) is 2.85. The molecule has 0 saturated carbocycles. The molecule has 0 bridgehead atoms. The highest BCUT2D eigenvalue weighted by Gasteiger charge is 2.14. The lowest BCUT2D eigenvalue weighted by Crippen LogP contribution is -2.31. The second-order valence-electron chi connectivity index (χ2n) is 5.24. The van der Waals surface area contributed by atoms with Crippen LogP contribution in [0.5, 0.6) is 0 Å². The van der Waals surface area contributed by atoms with E-state index in [2.05, 4.69) is 80.0 Å². The third-order valence-corrected chi connectivity index (χ3v) is 4.68. The van der Waals surface area contributed by atoms with E-state index in [0.717, 1.165) is 12.2 Å². The van der Waals surface area contributed by atoms with Gasteiger partial charge in [0.2, 0.25) is 0 Å². The normalized spacial score (nSPS) is 13.7. The summed E-state index contributed by atoms with van der Waals surface area (Å²) in [6.45, 7) is 6.82. The molecule has 3 heteroatoms. The molecule has 0 radical (unpaired) electrons. The minimum Gasteiger partial charge on any atom is -0.316 e. The first-order valence-electron chi connectivity index (χ1n) is 5.96. The number of rotatable bonds is 5. The Morgan fingerprint density at radius 1 is 1.24 bits per heavy atom. The molecule has 0 aliphatic rings. The van der Waals surface area contributed by atoms with Gasteiger partial charge >= 0.3 is 0 Å². The molecule has 0 aliphatic heterocycles. The molecule has 1 unspecified atom stereocenters. The Kier molecular flexibility index (Phi) is 6.31. The SMILES string of the molecule is CNC(CSC(C)(C)C)Cc1ccc(I)cc1. The summed E-state index contributed by atoms with van der Waals surface area (Å²) in [6.07, 6.45) is 1.11. The van der Waals surface area contributed by atoms with Crippen LogP contribution in [0.15, 0.2) is 24.3 Å². The molecule has 0 heterocycles. The van der Waals surface area contributed by atoms with Crippen LogP contribution in [0.3, 0.4) is 0 Å². The van der Waals surface area contributed by atoms with E-state index in [9.17, 15) is 0 Å². The van der Waals surface area contributed by atoms with Crippen LogP contribution in [0, 0.1) is 3.57 Å². The summed E-state index contributed by atoms with van der Waals surface area (Å²) in [5.74, 6) is 1.16. The topological polar surface area (TPSA) is 12.0 Å². The largest absolute Gasteiger partial charge is 0.316 e. The molecule has 1 N–H and O–H groups in total. The molecule has 1 rings (SSSR count). The molecule has 0 saturated heterocycles. The van der Waals surface area contributed by atoms with Gasteiger partial charge in [-0.1, -0.05) is 32.9 Å². The van der Waals surface area contributed by atoms with Gasteiger partial charge in [-0.25, -0.2) is 0 Å². The predicted octanol–water partition coefficient (Wildman–Crippen LogP) is 3.95. The number of thioether (sulfide) groups is 1. The van der Waals surface area contributed by atoms with Crippen molar-refractivity contribution in [3.05, 3.63) is 33.4 Å². The first-order chi connectivity index (χ1) is 7.90. The van der Waals surface area contributed by atoms with Gasteiger partial charge in [-0.15, -0.1) is 0 Å². The number of halogens is 1. The molecular formula is C14H22INS. The van der Waals surface area contributed by atoms with E-state index < -0.39 is 0 Å². The van der Waals surface area contributed by atoms with Crippen molar-refractivity contribution in [3.8, 4) is 0 Å². The minimum absolute atomic E-state index is 0.348. The van der Waals surface area contributed by atoms with Crippen molar-refractivity contribution in [3.63, 3.8) is 0 Å². The molecule has 0 amide bonds. The molecule has 0 spiro atoms. The maximum Gasteiger partial charge on any atom is 0.0195 e. The Balaban J connectivity index is 2.49. The zero-order valence-electron chi connectivity index (χ0n) is 11.1. The Bertz CT molecular complexity index is 329. The quantitative estimate of drug-likeness (QED) is 0.795. The van der Waals surface area contributed by atoms with Crippen molar-refractivity contribution < 1.29 is 0 Å². The summed E-state index contributed by atoms with van der Waals surface area (Å²) < 4.78 is 1.65. The van der Waals surface area contributed by atoms with Crippen molar-refractivity contribution in [1.29, 1.82) is 0 Å². The Labute approximate surface area is 123 Å². The third-order valence-electron chi connectivity index (χ3n) is 2.52. The van der Waals surface area contributed by atoms with Crippen LogP contribution >= 0.6 is 34.4 Å². The van der Waals surface area contributed by atoms with Gasteiger partial charge in [0.05, 0.1) is 0 Å². The maximum atomic E-state index is 3.42. The van der Waals surface area contributed by atoms with E-state index in [1.165, 1.54) is 9.13 Å². The Hall–Kier alpha value is 0.260. The number of benzene rings is 1. The first kappa shape index (κ1) is 15.3. The fourth-order valence-electron chi connectivity index (χ4n) is 1.50. The van der Waals surface area contributed by atoms with E-state index in [-0.39, 0.29) is 0 Å². The molecule has 1 nitrogen and oxygen atoms in total. The van der Waals surface area contributed by atoms with E-state index in [1.807, 2.05) is 11.8 Å². The average molecular weight is 363 g/mol. The van der Waals surface area contributed by atoms with Crippen LogP contribution in [-0.2, 0) is 6.42 Å². The number of nitrogens with one attached hydrogen (secondary N) is 1. The lowest BCUT2D eigenvalue weighted by molar-refractivity contribution is 0.613. The van der Waals surface area contributed by atoms with Gasteiger partial charge in [0, 0.05) is 20.1 Å². The molecule has 0 aromatic heterocycles. The minimum atomic E-state index is 0.348. The average Bonchev–Trinajstić information content (AvgIpc) is 2.25. The number of hydrogen-bond donors (Lipinski definition) is 1. The van der Waals surface area contributed by atoms with Gasteiger partial charge in [-0.05, 0) is 53.8 Å². The molecule has 1 aromatic rings. The maximum absolute atomic E-state index is 3.42. The van der Waals surface area contributed by atoms with Gasteiger partial charge in [0.1, 0.15) is 0 Å². The molecule has 1 atom stereocenters. The Morgan fingerprint density at radius 3 is 2.29 bits per heavy atom. The van der Waals surface area contributed by atoms with Crippen LogP contribution in [0.25, 0.3) is 0 Å². The van der Waals surface area contributed by atoms with E-state index in [0.29, 0.717) is 10.8 Å². The highest BCUT2D eigenvalue weighted by atomic mass is 127. The van der Waals surface area contributed by atoms with Crippen LogP contribution in [0.2, 0.25) is 0 Å². The highest BCUT2D eigenvalue weighted by molar-refractivity contribution is 14.1. The number of hydrogen-bond acceptors (Lipinski definition) is 2. The second-order valence-corrected chi connectivity index (χ2v) is 8.33. The molecule has 1 aromatic carbocycles. The summed E-state index contributed by atoms with van der Waals surface area (Å²) in [5.41, 5.74) is 1.42. The van der Waals surface area contributed by atoms with E-state index in [1.54, 1.807) is 0 Å². The van der Waals surface area contributed by atoms with Crippen LogP contribution in [0.4, 0.5) is 0 Å². The molecule has 0 aliphatic carbocycles. The van der Waals surface area contributed by atoms with Crippen molar-refractivity contribution >= 4 is 34.4 Å². The highest BCUT2D eigenvalue weighted by Crippen LogP contribution is 2.24.